The molecule has 0 fully saturated rings. The molecule has 3 heterocycles. The van der Waals surface area contributed by atoms with Gasteiger partial charge < -0.3 is 18.9 Å². The number of rotatable bonds is 7. The molecular formula is C29H25N3O5. The summed E-state index contributed by atoms with van der Waals surface area (Å²) in [6.45, 7) is 5.73. The van der Waals surface area contributed by atoms with Crippen LogP contribution in [0.2, 0.25) is 0 Å². The molecule has 1 amide bonds. The van der Waals surface area contributed by atoms with E-state index < -0.39 is 18.0 Å². The third kappa shape index (κ3) is 5.13. The molecule has 186 valence electrons. The molecule has 0 spiro atoms. The lowest BCUT2D eigenvalue weighted by Crippen LogP contribution is -2.30. The minimum Gasteiger partial charge on any atom is -0.463 e. The summed E-state index contributed by atoms with van der Waals surface area (Å²) in [5, 5.41) is 2.78. The second-order valence-electron chi connectivity index (χ2n) is 8.89. The third-order valence-corrected chi connectivity index (χ3v) is 5.91. The van der Waals surface area contributed by atoms with Gasteiger partial charge in [0.2, 0.25) is 0 Å². The van der Waals surface area contributed by atoms with Gasteiger partial charge in [-0.3, -0.25) is 4.79 Å². The second-order valence-corrected chi connectivity index (χ2v) is 8.89. The quantitative estimate of drug-likeness (QED) is 0.258. The van der Waals surface area contributed by atoms with Gasteiger partial charge in [0, 0.05) is 5.69 Å². The Morgan fingerprint density at radius 2 is 1.43 bits per heavy atom. The Balaban J connectivity index is 1.35. The minimum atomic E-state index is -1.00. The molecule has 0 bridgehead atoms. The molecule has 0 aliphatic heterocycles. The molecule has 3 aromatic heterocycles. The van der Waals surface area contributed by atoms with Crippen molar-refractivity contribution in [1.29, 1.82) is 0 Å². The number of nitrogens with zero attached hydrogens (tertiary/aromatic N) is 2. The Hall–Kier alpha value is -4.72. The van der Waals surface area contributed by atoms with Crippen molar-refractivity contribution in [2.45, 2.75) is 32.8 Å². The van der Waals surface area contributed by atoms with Crippen molar-refractivity contribution in [3.63, 3.8) is 0 Å². The molecule has 1 atom stereocenters. The van der Waals surface area contributed by atoms with Gasteiger partial charge >= 0.3 is 5.97 Å². The van der Waals surface area contributed by atoms with E-state index in [1.165, 1.54) is 12.5 Å². The molecule has 0 aliphatic rings. The van der Waals surface area contributed by atoms with Crippen LogP contribution in [-0.4, -0.2) is 27.9 Å². The predicted molar refractivity (Wildman–Crippen MR) is 139 cm³/mol. The van der Waals surface area contributed by atoms with Gasteiger partial charge in [0.05, 0.1) is 29.1 Å². The number of ether oxygens (including phenoxy) is 1. The van der Waals surface area contributed by atoms with Crippen molar-refractivity contribution in [3.8, 4) is 22.9 Å². The Labute approximate surface area is 213 Å². The van der Waals surface area contributed by atoms with Crippen LogP contribution in [0.25, 0.3) is 33.9 Å². The van der Waals surface area contributed by atoms with Gasteiger partial charge in [0.25, 0.3) is 5.91 Å². The standard InChI is InChI=1S/C29H25N3O5/c1-17(2)19-8-11-21(12-9-19)30-28(33)18(3)37-29(34)20-10-13-22-23(16-20)32-27(25-7-5-15-36-25)26(31-22)24-6-4-14-35-24/h4-18H,1-3H3,(H,30,33). The van der Waals surface area contributed by atoms with E-state index in [4.69, 9.17) is 23.5 Å². The average molecular weight is 496 g/mol. The summed E-state index contributed by atoms with van der Waals surface area (Å²) in [6.07, 6.45) is 2.11. The van der Waals surface area contributed by atoms with Crippen LogP contribution in [0.4, 0.5) is 5.69 Å². The first-order valence-corrected chi connectivity index (χ1v) is 11.9. The van der Waals surface area contributed by atoms with Crippen molar-refractivity contribution in [2.75, 3.05) is 5.32 Å². The summed E-state index contributed by atoms with van der Waals surface area (Å²) in [5.41, 5.74) is 4.09. The Bertz CT molecular complexity index is 1540. The van der Waals surface area contributed by atoms with Crippen molar-refractivity contribution >= 4 is 28.6 Å². The second kappa shape index (κ2) is 10.1. The van der Waals surface area contributed by atoms with Gasteiger partial charge in [0.1, 0.15) is 11.4 Å². The summed E-state index contributed by atoms with van der Waals surface area (Å²) in [4.78, 5) is 34.9. The van der Waals surface area contributed by atoms with E-state index in [0.717, 1.165) is 0 Å². The van der Waals surface area contributed by atoms with Gasteiger partial charge in [-0.05, 0) is 73.0 Å². The minimum absolute atomic E-state index is 0.249. The Morgan fingerprint density at radius 1 is 0.811 bits per heavy atom. The van der Waals surface area contributed by atoms with E-state index in [-0.39, 0.29) is 5.56 Å². The normalized spacial score (nSPS) is 12.0. The van der Waals surface area contributed by atoms with Crippen LogP contribution in [0.5, 0.6) is 0 Å². The van der Waals surface area contributed by atoms with Crippen molar-refractivity contribution < 1.29 is 23.2 Å². The van der Waals surface area contributed by atoms with Crippen LogP contribution in [-0.2, 0) is 9.53 Å². The van der Waals surface area contributed by atoms with Crippen LogP contribution < -0.4 is 5.32 Å². The maximum atomic E-state index is 12.9. The molecular weight excluding hydrogens is 470 g/mol. The van der Waals surface area contributed by atoms with Gasteiger partial charge in [-0.1, -0.05) is 26.0 Å². The Kier molecular flexibility index (Phi) is 6.55. The molecule has 5 aromatic rings. The summed E-state index contributed by atoms with van der Waals surface area (Å²) in [5.74, 6) is 0.386. The molecule has 0 radical (unpaired) electrons. The highest BCUT2D eigenvalue weighted by Crippen LogP contribution is 2.31. The zero-order valence-electron chi connectivity index (χ0n) is 20.6. The van der Waals surface area contributed by atoms with E-state index in [0.29, 0.717) is 45.5 Å². The topological polar surface area (TPSA) is 107 Å². The largest absolute Gasteiger partial charge is 0.463 e. The maximum Gasteiger partial charge on any atom is 0.338 e. The van der Waals surface area contributed by atoms with Gasteiger partial charge in [0.15, 0.2) is 17.6 Å². The summed E-state index contributed by atoms with van der Waals surface area (Å²) >= 11 is 0. The molecule has 0 saturated carbocycles. The van der Waals surface area contributed by atoms with E-state index in [1.807, 2.05) is 24.3 Å². The summed E-state index contributed by atoms with van der Waals surface area (Å²) in [7, 11) is 0. The lowest BCUT2D eigenvalue weighted by atomic mass is 10.0. The predicted octanol–water partition coefficient (Wildman–Crippen LogP) is 6.46. The van der Waals surface area contributed by atoms with E-state index in [2.05, 4.69) is 19.2 Å². The first-order chi connectivity index (χ1) is 17.9. The van der Waals surface area contributed by atoms with Crippen LogP contribution in [0, 0.1) is 0 Å². The lowest BCUT2D eigenvalue weighted by molar-refractivity contribution is -0.123. The number of carbonyl (C=O) groups excluding carboxylic acids is 2. The van der Waals surface area contributed by atoms with E-state index in [1.54, 1.807) is 55.0 Å². The van der Waals surface area contributed by atoms with Gasteiger partial charge in [-0.2, -0.15) is 0 Å². The molecule has 5 rings (SSSR count). The van der Waals surface area contributed by atoms with Crippen LogP contribution in [0.1, 0.15) is 42.6 Å². The molecule has 0 aliphatic carbocycles. The fourth-order valence-electron chi connectivity index (χ4n) is 3.83. The highest BCUT2D eigenvalue weighted by molar-refractivity contribution is 5.99. The summed E-state index contributed by atoms with van der Waals surface area (Å²) in [6, 6.07) is 19.5. The molecule has 37 heavy (non-hydrogen) atoms. The molecule has 0 saturated heterocycles. The van der Waals surface area contributed by atoms with Crippen LogP contribution in [0.15, 0.2) is 88.1 Å². The average Bonchev–Trinajstić information content (AvgIpc) is 3.63. The number of benzene rings is 2. The van der Waals surface area contributed by atoms with Gasteiger partial charge in [-0.15, -0.1) is 0 Å². The fourth-order valence-corrected chi connectivity index (χ4v) is 3.83. The first kappa shape index (κ1) is 24.0. The maximum absolute atomic E-state index is 12.9. The highest BCUT2D eigenvalue weighted by atomic mass is 16.5. The SMILES string of the molecule is CC(OC(=O)c1ccc2nc(-c3ccco3)c(-c3ccco3)nc2c1)C(=O)Nc1ccc(C(C)C)cc1. The molecule has 8 heteroatoms. The molecule has 2 aromatic carbocycles. The summed E-state index contributed by atoms with van der Waals surface area (Å²) < 4.78 is 16.5. The number of hydrogen-bond acceptors (Lipinski definition) is 7. The fraction of sp³-hybridized carbons (Fsp3) is 0.172. The number of hydrogen-bond donors (Lipinski definition) is 1. The number of fused-ring (bicyclic) bond motifs is 1. The van der Waals surface area contributed by atoms with Crippen molar-refractivity contribution in [3.05, 3.63) is 90.4 Å². The van der Waals surface area contributed by atoms with Crippen molar-refractivity contribution in [1.82, 2.24) is 9.97 Å². The number of esters is 1. The Morgan fingerprint density at radius 3 is 2.00 bits per heavy atom. The first-order valence-electron chi connectivity index (χ1n) is 11.9. The number of amides is 1. The number of aromatic nitrogens is 2. The molecule has 8 nitrogen and oxygen atoms in total. The molecule has 1 N–H and O–H groups in total. The zero-order chi connectivity index (χ0) is 25.9. The third-order valence-electron chi connectivity index (χ3n) is 5.91. The van der Waals surface area contributed by atoms with E-state index >= 15 is 0 Å². The monoisotopic (exact) mass is 495 g/mol. The lowest BCUT2D eigenvalue weighted by Gasteiger charge is -2.14. The number of anilines is 1. The van der Waals surface area contributed by atoms with Crippen LogP contribution in [0.3, 0.4) is 0 Å². The van der Waals surface area contributed by atoms with E-state index in [9.17, 15) is 9.59 Å². The number of nitrogens with one attached hydrogen (secondary N) is 1. The number of carbonyl (C=O) groups is 2. The smallest absolute Gasteiger partial charge is 0.338 e. The number of furan rings is 2. The highest BCUT2D eigenvalue weighted by Gasteiger charge is 2.21. The van der Waals surface area contributed by atoms with Crippen LogP contribution >= 0.6 is 0 Å². The zero-order valence-corrected chi connectivity index (χ0v) is 20.6. The van der Waals surface area contributed by atoms with Gasteiger partial charge in [-0.25, -0.2) is 14.8 Å². The molecule has 1 unspecified atom stereocenters. The van der Waals surface area contributed by atoms with Crippen molar-refractivity contribution in [2.24, 2.45) is 0 Å².